The van der Waals surface area contributed by atoms with Crippen LogP contribution in [0, 0.1) is 0 Å². The third-order valence-electron chi connectivity index (χ3n) is 6.25. The Morgan fingerprint density at radius 2 is 1.65 bits per heavy atom. The zero-order valence-electron chi connectivity index (χ0n) is 19.6. The number of hydrogen-bond acceptors (Lipinski definition) is 5. The van der Waals surface area contributed by atoms with E-state index in [0.717, 1.165) is 43.1 Å². The smallest absolute Gasteiger partial charge is 0.350 e. The van der Waals surface area contributed by atoms with Crippen molar-refractivity contribution >= 4 is 11.6 Å². The lowest BCUT2D eigenvalue weighted by atomic mass is 9.97. The summed E-state index contributed by atoms with van der Waals surface area (Å²) in [4.78, 5) is 29.5. The van der Waals surface area contributed by atoms with Crippen molar-refractivity contribution in [3.8, 4) is 5.69 Å². The molecular weight excluding hydrogens is 435 g/mol. The van der Waals surface area contributed by atoms with Crippen molar-refractivity contribution in [2.75, 3.05) is 44.4 Å². The number of halogens is 1. The van der Waals surface area contributed by atoms with E-state index in [4.69, 9.17) is 0 Å². The molecule has 1 amide bonds. The van der Waals surface area contributed by atoms with Crippen molar-refractivity contribution in [1.82, 2.24) is 24.6 Å². The van der Waals surface area contributed by atoms with Gasteiger partial charge in [0.2, 0.25) is 5.91 Å². The molecule has 9 heteroatoms. The molecule has 180 valence electrons. The molecule has 1 aliphatic rings. The topological polar surface area (TPSA) is 75.4 Å². The molecule has 0 radical (unpaired) electrons. The fraction of sp³-hybridized carbons (Fsp3) is 0.400. The SMILES string of the molecule is CC(C)n1ncn(-c2ccc(N3CCN(CC(C(=O)NCF)c4ccccc4)CC3)cc2)c1=O. The highest BCUT2D eigenvalue weighted by Gasteiger charge is 2.26. The molecule has 0 saturated carbocycles. The van der Waals surface area contributed by atoms with Gasteiger partial charge in [0.25, 0.3) is 0 Å². The van der Waals surface area contributed by atoms with Crippen LogP contribution in [0.15, 0.2) is 65.7 Å². The Hall–Kier alpha value is -3.46. The van der Waals surface area contributed by atoms with Crippen LogP contribution in [0.3, 0.4) is 0 Å². The summed E-state index contributed by atoms with van der Waals surface area (Å²) in [7, 11) is 0. The van der Waals surface area contributed by atoms with Crippen molar-refractivity contribution in [2.45, 2.75) is 25.8 Å². The number of nitrogens with zero attached hydrogens (tertiary/aromatic N) is 5. The second kappa shape index (κ2) is 10.6. The number of piperazine rings is 1. The number of carbonyl (C=O) groups is 1. The first-order valence-electron chi connectivity index (χ1n) is 11.6. The molecule has 0 aliphatic carbocycles. The Balaban J connectivity index is 1.38. The van der Waals surface area contributed by atoms with Gasteiger partial charge < -0.3 is 10.2 Å². The first-order chi connectivity index (χ1) is 16.5. The molecule has 2 heterocycles. The maximum Gasteiger partial charge on any atom is 0.350 e. The van der Waals surface area contributed by atoms with E-state index in [0.29, 0.717) is 6.54 Å². The minimum Gasteiger partial charge on any atom is -0.369 e. The lowest BCUT2D eigenvalue weighted by molar-refractivity contribution is -0.123. The van der Waals surface area contributed by atoms with Gasteiger partial charge in [0.15, 0.2) is 6.80 Å². The van der Waals surface area contributed by atoms with E-state index in [9.17, 15) is 14.0 Å². The summed E-state index contributed by atoms with van der Waals surface area (Å²) in [5.41, 5.74) is 2.61. The van der Waals surface area contributed by atoms with Crippen LogP contribution in [0.25, 0.3) is 5.69 Å². The molecule has 1 unspecified atom stereocenters. The molecular formula is C25H31FN6O2. The van der Waals surface area contributed by atoms with E-state index in [1.165, 1.54) is 4.68 Å². The van der Waals surface area contributed by atoms with Crippen molar-refractivity contribution < 1.29 is 9.18 Å². The quantitative estimate of drug-likeness (QED) is 0.517. The normalized spacial score (nSPS) is 15.5. The minimum absolute atomic E-state index is 0.00820. The van der Waals surface area contributed by atoms with Gasteiger partial charge in [-0.1, -0.05) is 30.3 Å². The van der Waals surface area contributed by atoms with E-state index in [2.05, 4.69) is 20.2 Å². The number of amides is 1. The van der Waals surface area contributed by atoms with Crippen molar-refractivity contribution in [3.63, 3.8) is 0 Å². The molecule has 1 aliphatic heterocycles. The van der Waals surface area contributed by atoms with Gasteiger partial charge in [-0.2, -0.15) is 5.10 Å². The molecule has 4 rings (SSSR count). The van der Waals surface area contributed by atoms with E-state index in [-0.39, 0.29) is 17.6 Å². The van der Waals surface area contributed by atoms with E-state index in [1.807, 2.05) is 68.4 Å². The van der Waals surface area contributed by atoms with Crippen molar-refractivity contribution in [3.05, 3.63) is 77.0 Å². The maximum absolute atomic E-state index is 12.8. The van der Waals surface area contributed by atoms with Gasteiger partial charge in [-0.05, 0) is 43.7 Å². The first-order valence-corrected chi connectivity index (χ1v) is 11.6. The summed E-state index contributed by atoms with van der Waals surface area (Å²) in [5.74, 6) is -0.699. The number of carbonyl (C=O) groups excluding carboxylic acids is 1. The molecule has 1 atom stereocenters. The Morgan fingerprint density at radius 1 is 1.00 bits per heavy atom. The Morgan fingerprint density at radius 3 is 2.24 bits per heavy atom. The summed E-state index contributed by atoms with van der Waals surface area (Å²) in [6.45, 7) is 6.77. The number of alkyl halides is 1. The number of rotatable bonds is 8. The van der Waals surface area contributed by atoms with Crippen LogP contribution in [0.5, 0.6) is 0 Å². The van der Waals surface area contributed by atoms with Gasteiger partial charge in [0, 0.05) is 38.4 Å². The van der Waals surface area contributed by atoms with Crippen LogP contribution >= 0.6 is 0 Å². The number of benzene rings is 2. The summed E-state index contributed by atoms with van der Waals surface area (Å²) in [5, 5.41) is 6.51. The number of hydrogen-bond donors (Lipinski definition) is 1. The van der Waals surface area contributed by atoms with E-state index >= 15 is 0 Å². The Labute approximate surface area is 198 Å². The van der Waals surface area contributed by atoms with Gasteiger partial charge >= 0.3 is 5.69 Å². The first kappa shape index (κ1) is 23.7. The monoisotopic (exact) mass is 466 g/mol. The third kappa shape index (κ3) is 5.20. The summed E-state index contributed by atoms with van der Waals surface area (Å²) in [6, 6.07) is 17.4. The van der Waals surface area contributed by atoms with E-state index < -0.39 is 12.7 Å². The lowest BCUT2D eigenvalue weighted by Gasteiger charge is -2.37. The molecule has 1 saturated heterocycles. The molecule has 1 N–H and O–H groups in total. The summed E-state index contributed by atoms with van der Waals surface area (Å²) >= 11 is 0. The highest BCUT2D eigenvalue weighted by molar-refractivity contribution is 5.83. The molecule has 0 spiro atoms. The molecule has 8 nitrogen and oxygen atoms in total. The van der Waals surface area contributed by atoms with Crippen molar-refractivity contribution in [1.29, 1.82) is 0 Å². The van der Waals surface area contributed by atoms with Gasteiger partial charge in [-0.15, -0.1) is 0 Å². The second-order valence-electron chi connectivity index (χ2n) is 8.76. The highest BCUT2D eigenvalue weighted by atomic mass is 19.1. The molecule has 1 aromatic heterocycles. The van der Waals surface area contributed by atoms with Crippen LogP contribution in [0.2, 0.25) is 0 Å². The summed E-state index contributed by atoms with van der Waals surface area (Å²) in [6.07, 6.45) is 1.55. The predicted octanol–water partition coefficient (Wildman–Crippen LogP) is 2.56. The standard InChI is InChI=1S/C25H31FN6O2/c1-19(2)32-25(34)31(18-28-32)22-10-8-21(9-11-22)30-14-12-29(13-15-30)16-23(24(33)27-17-26)20-6-4-3-5-7-20/h3-11,18-19,23H,12-17H2,1-2H3,(H,27,33). The molecule has 2 aromatic carbocycles. The maximum atomic E-state index is 12.8. The molecule has 0 bridgehead atoms. The zero-order chi connectivity index (χ0) is 24.1. The van der Waals surface area contributed by atoms with Gasteiger partial charge in [0.1, 0.15) is 6.33 Å². The highest BCUT2D eigenvalue weighted by Crippen LogP contribution is 2.22. The van der Waals surface area contributed by atoms with Crippen LogP contribution in [0.1, 0.15) is 31.4 Å². The lowest BCUT2D eigenvalue weighted by Crippen LogP contribution is -2.49. The second-order valence-corrected chi connectivity index (χ2v) is 8.76. The molecule has 3 aromatic rings. The van der Waals surface area contributed by atoms with Crippen LogP contribution in [-0.2, 0) is 4.79 Å². The van der Waals surface area contributed by atoms with Gasteiger partial charge in [-0.3, -0.25) is 9.69 Å². The van der Waals surface area contributed by atoms with Crippen LogP contribution in [-0.4, -0.2) is 64.7 Å². The average molecular weight is 467 g/mol. The fourth-order valence-electron chi connectivity index (χ4n) is 4.33. The Kier molecular flexibility index (Phi) is 7.42. The summed E-state index contributed by atoms with van der Waals surface area (Å²) < 4.78 is 15.8. The van der Waals surface area contributed by atoms with Gasteiger partial charge in [-0.25, -0.2) is 18.4 Å². The zero-order valence-corrected chi connectivity index (χ0v) is 19.6. The molecule has 1 fully saturated rings. The van der Waals surface area contributed by atoms with Crippen LogP contribution < -0.4 is 15.9 Å². The number of anilines is 1. The predicted molar refractivity (Wildman–Crippen MR) is 130 cm³/mol. The number of nitrogens with one attached hydrogen (secondary N) is 1. The van der Waals surface area contributed by atoms with Gasteiger partial charge in [0.05, 0.1) is 17.6 Å². The fourth-order valence-corrected chi connectivity index (χ4v) is 4.33. The van der Waals surface area contributed by atoms with E-state index in [1.54, 1.807) is 10.9 Å². The molecule has 34 heavy (non-hydrogen) atoms. The average Bonchev–Trinajstić information content (AvgIpc) is 3.25. The van der Waals surface area contributed by atoms with Crippen molar-refractivity contribution in [2.24, 2.45) is 0 Å². The van der Waals surface area contributed by atoms with Crippen LogP contribution in [0.4, 0.5) is 10.1 Å². The largest absolute Gasteiger partial charge is 0.369 e. The minimum atomic E-state index is -0.865. The number of aromatic nitrogens is 3. The third-order valence-corrected chi connectivity index (χ3v) is 6.25. The Bertz CT molecular complexity index is 1130.